The van der Waals surface area contributed by atoms with Crippen LogP contribution in [0.25, 0.3) is 0 Å². The van der Waals surface area contributed by atoms with E-state index in [0.717, 1.165) is 6.92 Å². The first-order chi connectivity index (χ1) is 17.8. The van der Waals surface area contributed by atoms with Gasteiger partial charge in [0.1, 0.15) is 5.75 Å². The molecule has 30 heavy (non-hydrogen) atoms. The van der Waals surface area contributed by atoms with Gasteiger partial charge < -0.3 is 20.3 Å². The molecule has 3 N–H and O–H groups in total. The Morgan fingerprint density at radius 2 is 1.80 bits per heavy atom. The highest BCUT2D eigenvalue weighted by atomic mass is 16.5. The maximum absolute atomic E-state index is 13.2. The van der Waals surface area contributed by atoms with Crippen molar-refractivity contribution < 1.29 is 32.1 Å². The predicted molar refractivity (Wildman–Crippen MR) is 119 cm³/mol. The first kappa shape index (κ1) is 13.8. The van der Waals surface area contributed by atoms with Crippen LogP contribution in [0.5, 0.6) is 5.75 Å². The molecule has 1 amide bonds. The lowest BCUT2D eigenvalue weighted by Gasteiger charge is -2.33. The summed E-state index contributed by atoms with van der Waals surface area (Å²) < 4.78 is 75.9. The summed E-state index contributed by atoms with van der Waals surface area (Å²) in [6.45, 7) is -6.30. The SMILES string of the molecule is [2H]C([2H])([2H])[C@H](CCC)COc1ccc([C@@H](NC(=O)[C@](C)(O)c2ccccc2)C(O)(C([2H])([2H])[2H])C([2H])([2H])[2H])cc1. The second kappa shape index (κ2) is 10.1. The Kier molecular flexibility index (Phi) is 4.66. The molecule has 0 aromatic heterocycles. The number of hydrogen-bond donors (Lipinski definition) is 3. The fourth-order valence-corrected chi connectivity index (χ4v) is 2.98. The quantitative estimate of drug-likeness (QED) is 0.532. The minimum atomic E-state index is -3.49. The average molecular weight is 423 g/mol. The molecule has 5 heteroatoms. The zero-order valence-corrected chi connectivity index (χ0v) is 17.2. The van der Waals surface area contributed by atoms with E-state index in [-0.39, 0.29) is 23.5 Å². The van der Waals surface area contributed by atoms with Crippen molar-refractivity contribution >= 4 is 5.91 Å². The van der Waals surface area contributed by atoms with Gasteiger partial charge in [0.15, 0.2) is 5.60 Å². The van der Waals surface area contributed by atoms with E-state index < -0.39 is 49.6 Å². The van der Waals surface area contributed by atoms with Crippen LogP contribution >= 0.6 is 0 Å². The lowest BCUT2D eigenvalue weighted by molar-refractivity contribution is -0.141. The highest BCUT2D eigenvalue weighted by molar-refractivity contribution is 5.86. The third-order valence-corrected chi connectivity index (χ3v) is 4.77. The standard InChI is InChI=1S/C25H35NO4/c1-6-10-18(2)17-30-21-15-13-19(14-16-21)22(24(3,4)28)26-23(27)25(5,29)20-11-8-7-9-12-20/h7-9,11-16,18,22,28-29H,6,10,17H2,1-5H3,(H,26,27)/t18-,22-,25-/m1/s1/i2D3,3D3,4D3. The van der Waals surface area contributed by atoms with Gasteiger partial charge in [0.05, 0.1) is 18.2 Å². The van der Waals surface area contributed by atoms with E-state index in [0.29, 0.717) is 12.8 Å². The van der Waals surface area contributed by atoms with Gasteiger partial charge in [-0.2, -0.15) is 0 Å². The zero-order chi connectivity index (χ0) is 29.9. The lowest BCUT2D eigenvalue weighted by atomic mass is 9.89. The molecule has 5 nitrogen and oxygen atoms in total. The van der Waals surface area contributed by atoms with Crippen LogP contribution in [0.2, 0.25) is 0 Å². The molecule has 0 aliphatic carbocycles. The maximum Gasteiger partial charge on any atom is 0.256 e. The molecule has 0 radical (unpaired) electrons. The van der Waals surface area contributed by atoms with Gasteiger partial charge in [0, 0.05) is 12.3 Å². The van der Waals surface area contributed by atoms with Crippen molar-refractivity contribution in [2.75, 3.05) is 6.61 Å². The van der Waals surface area contributed by atoms with Crippen molar-refractivity contribution in [1.82, 2.24) is 5.32 Å². The topological polar surface area (TPSA) is 78.8 Å². The van der Waals surface area contributed by atoms with E-state index in [1.54, 1.807) is 18.2 Å². The van der Waals surface area contributed by atoms with Crippen molar-refractivity contribution in [3.05, 3.63) is 65.7 Å². The first-order valence-corrected chi connectivity index (χ1v) is 9.80. The third kappa shape index (κ3) is 6.31. The van der Waals surface area contributed by atoms with Crippen molar-refractivity contribution in [3.8, 4) is 5.75 Å². The van der Waals surface area contributed by atoms with E-state index >= 15 is 0 Å². The molecule has 0 fully saturated rings. The molecule has 2 aromatic rings. The van der Waals surface area contributed by atoms with Crippen molar-refractivity contribution in [3.63, 3.8) is 0 Å². The molecular formula is C25H35NO4. The van der Waals surface area contributed by atoms with Gasteiger partial charge >= 0.3 is 0 Å². The fourth-order valence-electron chi connectivity index (χ4n) is 2.98. The summed E-state index contributed by atoms with van der Waals surface area (Å²) in [6.07, 6.45) is 1.05. The number of rotatable bonds is 10. The molecule has 164 valence electrons. The third-order valence-electron chi connectivity index (χ3n) is 4.77. The number of aliphatic hydroxyl groups is 2. The van der Waals surface area contributed by atoms with Gasteiger partial charge in [0.2, 0.25) is 0 Å². The molecule has 0 aliphatic heterocycles. The van der Waals surface area contributed by atoms with E-state index in [1.165, 1.54) is 36.4 Å². The number of carbonyl (C=O) groups excluding carboxylic acids is 1. The Morgan fingerprint density at radius 1 is 1.13 bits per heavy atom. The van der Waals surface area contributed by atoms with Gasteiger partial charge in [0.25, 0.3) is 5.91 Å². The van der Waals surface area contributed by atoms with Crippen LogP contribution in [0.4, 0.5) is 0 Å². The first-order valence-electron chi connectivity index (χ1n) is 14.3. The van der Waals surface area contributed by atoms with Crippen molar-refractivity contribution in [1.29, 1.82) is 0 Å². The van der Waals surface area contributed by atoms with Crippen LogP contribution in [0.3, 0.4) is 0 Å². The minimum absolute atomic E-state index is 0.0877. The van der Waals surface area contributed by atoms with E-state index in [9.17, 15) is 15.0 Å². The van der Waals surface area contributed by atoms with Gasteiger partial charge in [-0.25, -0.2) is 0 Å². The molecule has 0 aliphatic rings. The number of amides is 1. The largest absolute Gasteiger partial charge is 0.493 e. The highest BCUT2D eigenvalue weighted by Gasteiger charge is 2.37. The summed E-state index contributed by atoms with van der Waals surface area (Å²) in [5.41, 5.74) is -5.57. The molecule has 0 saturated heterocycles. The van der Waals surface area contributed by atoms with Gasteiger partial charge in [-0.1, -0.05) is 62.7 Å². The Labute approximate surface area is 192 Å². The van der Waals surface area contributed by atoms with Crippen LogP contribution in [-0.4, -0.2) is 28.3 Å². The highest BCUT2D eigenvalue weighted by Crippen LogP contribution is 2.29. The molecule has 0 heterocycles. The van der Waals surface area contributed by atoms with E-state index in [1.807, 2.05) is 6.92 Å². The van der Waals surface area contributed by atoms with Gasteiger partial charge in [-0.3, -0.25) is 4.79 Å². The van der Waals surface area contributed by atoms with Crippen LogP contribution in [-0.2, 0) is 10.4 Å². The van der Waals surface area contributed by atoms with E-state index in [4.69, 9.17) is 17.1 Å². The lowest BCUT2D eigenvalue weighted by Crippen LogP contribution is -2.49. The predicted octanol–water partition coefficient (Wildman–Crippen LogP) is 4.34. The summed E-state index contributed by atoms with van der Waals surface area (Å²) in [5, 5.41) is 24.5. The van der Waals surface area contributed by atoms with Crippen LogP contribution in [0, 0.1) is 5.92 Å². The summed E-state index contributed by atoms with van der Waals surface area (Å²) in [4.78, 5) is 13.2. The molecular weight excluding hydrogens is 378 g/mol. The number of benzene rings is 2. The number of nitrogens with one attached hydrogen (secondary N) is 1. The molecule has 0 bridgehead atoms. The molecule has 3 atom stereocenters. The summed E-state index contributed by atoms with van der Waals surface area (Å²) in [7, 11) is 0. The second-order valence-electron chi connectivity index (χ2n) is 7.48. The average Bonchev–Trinajstić information content (AvgIpc) is 2.83. The Balaban J connectivity index is 2.48. The monoisotopic (exact) mass is 422 g/mol. The van der Waals surface area contributed by atoms with Crippen LogP contribution < -0.4 is 10.1 Å². The Morgan fingerprint density at radius 3 is 2.37 bits per heavy atom. The molecule has 0 saturated carbocycles. The zero-order valence-electron chi connectivity index (χ0n) is 26.2. The minimum Gasteiger partial charge on any atom is -0.493 e. The Hall–Kier alpha value is -2.37. The molecule has 0 unspecified atom stereocenters. The molecule has 0 spiro atoms. The van der Waals surface area contributed by atoms with E-state index in [2.05, 4.69) is 5.32 Å². The molecule has 2 rings (SSSR count). The second-order valence-corrected chi connectivity index (χ2v) is 7.48. The summed E-state index contributed by atoms with van der Waals surface area (Å²) in [6, 6.07) is 11.0. The Bertz CT molecular complexity index is 1070. The van der Waals surface area contributed by atoms with Crippen molar-refractivity contribution in [2.24, 2.45) is 5.92 Å². The van der Waals surface area contributed by atoms with Gasteiger partial charge in [-0.05, 0) is 56.2 Å². The smallest absolute Gasteiger partial charge is 0.256 e. The van der Waals surface area contributed by atoms with Crippen molar-refractivity contribution in [2.45, 2.75) is 64.5 Å². The van der Waals surface area contributed by atoms with Gasteiger partial charge in [-0.15, -0.1) is 0 Å². The van der Waals surface area contributed by atoms with Crippen LogP contribution in [0.15, 0.2) is 54.6 Å². The maximum atomic E-state index is 13.2. The number of hydrogen-bond acceptors (Lipinski definition) is 4. The fraction of sp³-hybridized carbons (Fsp3) is 0.480. The summed E-state index contributed by atoms with van der Waals surface area (Å²) in [5.74, 6) is -1.63. The summed E-state index contributed by atoms with van der Waals surface area (Å²) >= 11 is 0. The number of ether oxygens (including phenoxy) is 1. The number of carbonyl (C=O) groups is 1. The normalized spacial score (nSPS) is 21.4. The van der Waals surface area contributed by atoms with Crippen LogP contribution in [0.1, 0.15) is 76.8 Å². The molecule has 2 aromatic carbocycles.